The zero-order valence-electron chi connectivity index (χ0n) is 14.7. The maximum Gasteiger partial charge on any atom is 0.262 e. The lowest BCUT2D eigenvalue weighted by Crippen LogP contribution is -2.21. The summed E-state index contributed by atoms with van der Waals surface area (Å²) in [6.45, 7) is 0.469. The van der Waals surface area contributed by atoms with Gasteiger partial charge in [-0.1, -0.05) is 18.2 Å². The molecule has 2 N–H and O–H groups in total. The molecule has 0 saturated heterocycles. The van der Waals surface area contributed by atoms with Crippen LogP contribution in [0.15, 0.2) is 53.7 Å². The highest BCUT2D eigenvalue weighted by Crippen LogP contribution is 2.34. The number of fused-ring (bicyclic) bond motifs is 3. The number of thiophene rings is 1. The van der Waals surface area contributed by atoms with Crippen molar-refractivity contribution in [3.63, 3.8) is 0 Å². The van der Waals surface area contributed by atoms with Crippen molar-refractivity contribution >= 4 is 27.2 Å². The van der Waals surface area contributed by atoms with Gasteiger partial charge in [-0.3, -0.25) is 14.3 Å². The number of pyridine rings is 1. The van der Waals surface area contributed by atoms with Crippen LogP contribution < -0.4 is 11.3 Å². The summed E-state index contributed by atoms with van der Waals surface area (Å²) >= 11 is 1.67. The maximum absolute atomic E-state index is 13.0. The molecule has 134 valence electrons. The summed E-state index contributed by atoms with van der Waals surface area (Å²) in [4.78, 5) is 24.2. The van der Waals surface area contributed by atoms with Gasteiger partial charge < -0.3 is 5.73 Å². The molecule has 0 bridgehead atoms. The molecule has 0 spiro atoms. The first-order chi connectivity index (χ1) is 13.2. The van der Waals surface area contributed by atoms with Crippen LogP contribution in [0.3, 0.4) is 0 Å². The van der Waals surface area contributed by atoms with Gasteiger partial charge in [-0.25, -0.2) is 4.98 Å². The number of hydrogen-bond donors (Lipinski definition) is 1. The fourth-order valence-electron chi connectivity index (χ4n) is 3.72. The van der Waals surface area contributed by atoms with E-state index in [1.165, 1.54) is 10.4 Å². The van der Waals surface area contributed by atoms with Crippen LogP contribution in [0, 0.1) is 0 Å². The second-order valence-electron chi connectivity index (χ2n) is 6.89. The predicted molar refractivity (Wildman–Crippen MR) is 109 cm³/mol. The van der Waals surface area contributed by atoms with Gasteiger partial charge in [0.15, 0.2) is 0 Å². The minimum atomic E-state index is 0.0549. The van der Waals surface area contributed by atoms with E-state index in [0.717, 1.165) is 46.3 Å². The Balaban J connectivity index is 1.47. The standard InChI is InChI=1S/C21H18N4OS/c22-15-4-1-3-14(9-15)17-8-7-13(10-23-17)11-25-12-24-20-19(21(25)26)16-5-2-6-18(16)27-20/h1,3-4,7-10,12H,2,5-6,11,22H2. The lowest BCUT2D eigenvalue weighted by atomic mass is 10.1. The van der Waals surface area contributed by atoms with E-state index >= 15 is 0 Å². The van der Waals surface area contributed by atoms with Crippen LogP contribution >= 0.6 is 11.3 Å². The van der Waals surface area contributed by atoms with Gasteiger partial charge in [0, 0.05) is 22.3 Å². The molecule has 27 heavy (non-hydrogen) atoms. The molecule has 6 heteroatoms. The number of anilines is 1. The van der Waals surface area contributed by atoms with Crippen LogP contribution in [0.4, 0.5) is 5.69 Å². The maximum atomic E-state index is 13.0. The minimum absolute atomic E-state index is 0.0549. The summed E-state index contributed by atoms with van der Waals surface area (Å²) in [6, 6.07) is 11.6. The Morgan fingerprint density at radius 1 is 1.15 bits per heavy atom. The molecule has 0 unspecified atom stereocenters. The van der Waals surface area contributed by atoms with E-state index in [-0.39, 0.29) is 5.56 Å². The summed E-state index contributed by atoms with van der Waals surface area (Å²) < 4.78 is 1.69. The largest absolute Gasteiger partial charge is 0.399 e. The van der Waals surface area contributed by atoms with Crippen LogP contribution in [-0.2, 0) is 19.4 Å². The Morgan fingerprint density at radius 2 is 2.07 bits per heavy atom. The molecule has 4 aromatic rings. The average molecular weight is 374 g/mol. The van der Waals surface area contributed by atoms with Crippen molar-refractivity contribution in [2.45, 2.75) is 25.8 Å². The highest BCUT2D eigenvalue weighted by molar-refractivity contribution is 7.18. The van der Waals surface area contributed by atoms with E-state index in [4.69, 9.17) is 5.73 Å². The fourth-order valence-corrected chi connectivity index (χ4v) is 4.94. The van der Waals surface area contributed by atoms with Gasteiger partial charge >= 0.3 is 0 Å². The molecule has 1 aromatic carbocycles. The third-order valence-electron chi connectivity index (χ3n) is 5.05. The molecule has 0 fully saturated rings. The van der Waals surface area contributed by atoms with E-state index in [0.29, 0.717) is 12.2 Å². The number of aromatic nitrogens is 3. The third-order valence-corrected chi connectivity index (χ3v) is 6.25. The van der Waals surface area contributed by atoms with E-state index in [1.807, 2.05) is 42.6 Å². The number of hydrogen-bond acceptors (Lipinski definition) is 5. The molecule has 0 aliphatic heterocycles. The summed E-state index contributed by atoms with van der Waals surface area (Å²) in [5.41, 5.74) is 10.7. The monoisotopic (exact) mass is 374 g/mol. The number of benzene rings is 1. The first kappa shape index (κ1) is 16.2. The third kappa shape index (κ3) is 2.82. The molecule has 3 heterocycles. The van der Waals surface area contributed by atoms with Gasteiger partial charge in [-0.2, -0.15) is 0 Å². The molecule has 1 aliphatic rings. The van der Waals surface area contributed by atoms with Gasteiger partial charge in [0.2, 0.25) is 0 Å². The molecular weight excluding hydrogens is 356 g/mol. The van der Waals surface area contributed by atoms with Crippen LogP contribution in [0.25, 0.3) is 21.5 Å². The number of nitrogen functional groups attached to an aromatic ring is 1. The SMILES string of the molecule is Nc1cccc(-c2ccc(Cn3cnc4sc5c(c4c3=O)CCC5)cn2)c1. The summed E-state index contributed by atoms with van der Waals surface area (Å²) in [7, 11) is 0. The minimum Gasteiger partial charge on any atom is -0.399 e. The molecule has 5 rings (SSSR count). The molecule has 0 radical (unpaired) electrons. The molecule has 3 aromatic heterocycles. The van der Waals surface area contributed by atoms with Crippen LogP contribution in [0.5, 0.6) is 0 Å². The zero-order valence-corrected chi connectivity index (χ0v) is 15.5. The molecule has 0 saturated carbocycles. The number of rotatable bonds is 3. The van der Waals surface area contributed by atoms with Gasteiger partial charge in [0.05, 0.1) is 24.0 Å². The van der Waals surface area contributed by atoms with Gasteiger partial charge in [-0.05, 0) is 48.6 Å². The van der Waals surface area contributed by atoms with Gasteiger partial charge in [-0.15, -0.1) is 11.3 Å². The van der Waals surface area contributed by atoms with Crippen molar-refractivity contribution in [1.82, 2.24) is 14.5 Å². The smallest absolute Gasteiger partial charge is 0.262 e. The molecule has 5 nitrogen and oxygen atoms in total. The quantitative estimate of drug-likeness (QED) is 0.556. The van der Waals surface area contributed by atoms with Crippen LogP contribution in [0.1, 0.15) is 22.4 Å². The first-order valence-electron chi connectivity index (χ1n) is 8.99. The molecular formula is C21H18N4OS. The first-order valence-corrected chi connectivity index (χ1v) is 9.81. The Morgan fingerprint density at radius 3 is 2.89 bits per heavy atom. The second-order valence-corrected chi connectivity index (χ2v) is 7.98. The van der Waals surface area contributed by atoms with E-state index in [2.05, 4.69) is 9.97 Å². The Bertz CT molecular complexity index is 1210. The van der Waals surface area contributed by atoms with Crippen LogP contribution in [-0.4, -0.2) is 14.5 Å². The summed E-state index contributed by atoms with van der Waals surface area (Å²) in [5.74, 6) is 0. The Kier molecular flexibility index (Phi) is 3.79. The van der Waals surface area contributed by atoms with Gasteiger partial charge in [0.25, 0.3) is 5.56 Å². The van der Waals surface area contributed by atoms with Gasteiger partial charge in [0.1, 0.15) is 4.83 Å². The molecule has 0 atom stereocenters. The number of nitrogens with two attached hydrogens (primary N) is 1. The zero-order chi connectivity index (χ0) is 18.4. The normalized spacial score (nSPS) is 13.2. The van der Waals surface area contributed by atoms with Crippen molar-refractivity contribution in [3.05, 3.63) is 75.3 Å². The number of nitrogens with zero attached hydrogens (tertiary/aromatic N) is 3. The predicted octanol–water partition coefficient (Wildman–Crippen LogP) is 3.64. The van der Waals surface area contributed by atoms with Crippen LogP contribution in [0.2, 0.25) is 0 Å². The summed E-state index contributed by atoms with van der Waals surface area (Å²) in [6.07, 6.45) is 6.67. The van der Waals surface area contributed by atoms with Crippen molar-refractivity contribution in [1.29, 1.82) is 0 Å². The van der Waals surface area contributed by atoms with Crippen molar-refractivity contribution < 1.29 is 0 Å². The van der Waals surface area contributed by atoms with Crippen molar-refractivity contribution in [3.8, 4) is 11.3 Å². The lowest BCUT2D eigenvalue weighted by molar-refractivity contribution is 0.745. The summed E-state index contributed by atoms with van der Waals surface area (Å²) in [5, 5.41) is 0.819. The highest BCUT2D eigenvalue weighted by atomic mass is 32.1. The molecule has 0 amide bonds. The average Bonchev–Trinajstić information content (AvgIpc) is 3.26. The van der Waals surface area contributed by atoms with E-state index < -0.39 is 0 Å². The topological polar surface area (TPSA) is 73.8 Å². The lowest BCUT2D eigenvalue weighted by Gasteiger charge is -2.07. The fraction of sp³-hybridized carbons (Fsp3) is 0.190. The molecule has 1 aliphatic carbocycles. The van der Waals surface area contributed by atoms with Crippen molar-refractivity contribution in [2.75, 3.05) is 5.73 Å². The van der Waals surface area contributed by atoms with Crippen molar-refractivity contribution in [2.24, 2.45) is 0 Å². The number of aryl methyl sites for hydroxylation is 2. The second kappa shape index (κ2) is 6.32. The Hall–Kier alpha value is -2.99. The Labute approximate surface area is 160 Å². The van der Waals surface area contributed by atoms with E-state index in [1.54, 1.807) is 22.2 Å². The van der Waals surface area contributed by atoms with E-state index in [9.17, 15) is 4.79 Å². The highest BCUT2D eigenvalue weighted by Gasteiger charge is 2.21.